The van der Waals surface area contributed by atoms with Gasteiger partial charge in [-0.2, -0.15) is 0 Å². The van der Waals surface area contributed by atoms with E-state index in [0.29, 0.717) is 0 Å². The molecule has 1 atom stereocenters. The molecule has 6 nitrogen and oxygen atoms in total. The first-order chi connectivity index (χ1) is 12.9. The van der Waals surface area contributed by atoms with Crippen LogP contribution in [0.25, 0.3) is 0 Å². The number of carbonyl (C=O) groups is 1. The number of aromatic amines is 1. The number of likely N-dealkylation sites (tertiary alicyclic amines) is 1. The zero-order chi connectivity index (χ0) is 18.8. The van der Waals surface area contributed by atoms with Gasteiger partial charge in [0.1, 0.15) is 11.4 Å². The van der Waals surface area contributed by atoms with Gasteiger partial charge in [-0.25, -0.2) is 4.98 Å². The van der Waals surface area contributed by atoms with Gasteiger partial charge in [0.25, 0.3) is 11.5 Å². The van der Waals surface area contributed by atoms with Crippen LogP contribution in [-0.2, 0) is 5.41 Å². The highest BCUT2D eigenvalue weighted by atomic mass is 16.2. The van der Waals surface area contributed by atoms with Crippen molar-refractivity contribution in [2.24, 2.45) is 17.8 Å². The molecule has 0 unspecified atom stereocenters. The van der Waals surface area contributed by atoms with Crippen LogP contribution in [0.5, 0.6) is 0 Å². The van der Waals surface area contributed by atoms with Gasteiger partial charge in [0.05, 0.1) is 0 Å². The lowest BCUT2D eigenvalue weighted by atomic mass is 9.49. The lowest BCUT2D eigenvalue weighted by Crippen LogP contribution is -2.50. The van der Waals surface area contributed by atoms with E-state index in [1.807, 2.05) is 0 Å². The van der Waals surface area contributed by atoms with Crippen molar-refractivity contribution >= 4 is 5.91 Å². The minimum Gasteiger partial charge on any atom is -0.337 e. The number of aromatic nitrogens is 2. The van der Waals surface area contributed by atoms with Gasteiger partial charge < -0.3 is 14.8 Å². The van der Waals surface area contributed by atoms with Crippen LogP contribution in [0.15, 0.2) is 11.0 Å². The summed E-state index contributed by atoms with van der Waals surface area (Å²) in [7, 11) is 3.87. The van der Waals surface area contributed by atoms with Crippen LogP contribution in [0.1, 0.15) is 61.1 Å². The number of hydrogen-bond acceptors (Lipinski definition) is 4. The highest BCUT2D eigenvalue weighted by molar-refractivity contribution is 5.93. The second kappa shape index (κ2) is 6.16. The second-order valence-corrected chi connectivity index (χ2v) is 9.79. The molecule has 146 valence electrons. The summed E-state index contributed by atoms with van der Waals surface area (Å²) in [6, 6.07) is 0.171. The molecule has 1 aromatic rings. The van der Waals surface area contributed by atoms with Gasteiger partial charge in [-0.3, -0.25) is 9.59 Å². The Kier molecular flexibility index (Phi) is 3.97. The van der Waals surface area contributed by atoms with E-state index in [1.54, 1.807) is 18.1 Å². The molecule has 1 amide bonds. The van der Waals surface area contributed by atoms with Gasteiger partial charge in [0.2, 0.25) is 0 Å². The smallest absolute Gasteiger partial charge is 0.263 e. The number of nitrogens with one attached hydrogen (secondary N) is 1. The average Bonchev–Trinajstić information content (AvgIpc) is 3.05. The normalized spacial score (nSPS) is 37.7. The third-order valence-corrected chi connectivity index (χ3v) is 7.80. The molecule has 5 aliphatic rings. The topological polar surface area (TPSA) is 69.3 Å². The van der Waals surface area contributed by atoms with Crippen molar-refractivity contribution in [3.05, 3.63) is 27.9 Å². The number of amides is 1. The summed E-state index contributed by atoms with van der Waals surface area (Å²) in [5.41, 5.74) is -0.0327. The number of nitrogens with zero attached hydrogens (tertiary/aromatic N) is 3. The minimum atomic E-state index is -0.265. The summed E-state index contributed by atoms with van der Waals surface area (Å²) in [5, 5.41) is 0. The van der Waals surface area contributed by atoms with Crippen LogP contribution in [0.2, 0.25) is 0 Å². The first-order valence-electron chi connectivity index (χ1n) is 10.5. The van der Waals surface area contributed by atoms with E-state index in [9.17, 15) is 9.59 Å². The van der Waals surface area contributed by atoms with Crippen molar-refractivity contribution in [1.29, 1.82) is 0 Å². The molecule has 1 aliphatic heterocycles. The van der Waals surface area contributed by atoms with E-state index < -0.39 is 0 Å². The molecule has 4 aliphatic carbocycles. The van der Waals surface area contributed by atoms with Crippen molar-refractivity contribution in [1.82, 2.24) is 19.8 Å². The molecule has 6 heteroatoms. The van der Waals surface area contributed by atoms with E-state index in [1.165, 1.54) is 19.3 Å². The van der Waals surface area contributed by atoms with Gasteiger partial charge in [0.15, 0.2) is 0 Å². The van der Waals surface area contributed by atoms with Crippen molar-refractivity contribution in [3.63, 3.8) is 0 Å². The molecule has 5 fully saturated rings. The highest BCUT2D eigenvalue weighted by Gasteiger charge is 2.53. The lowest BCUT2D eigenvalue weighted by Gasteiger charge is -2.56. The van der Waals surface area contributed by atoms with Crippen LogP contribution in [0.3, 0.4) is 0 Å². The quantitative estimate of drug-likeness (QED) is 0.884. The van der Waals surface area contributed by atoms with E-state index >= 15 is 0 Å². The number of rotatable bonds is 3. The Morgan fingerprint density at radius 2 is 1.85 bits per heavy atom. The molecule has 1 saturated heterocycles. The molecule has 27 heavy (non-hydrogen) atoms. The third-order valence-electron chi connectivity index (χ3n) is 7.80. The first-order valence-corrected chi connectivity index (χ1v) is 10.5. The molecular weight excluding hydrogens is 340 g/mol. The Morgan fingerprint density at radius 1 is 1.22 bits per heavy atom. The van der Waals surface area contributed by atoms with Gasteiger partial charge in [-0.1, -0.05) is 0 Å². The van der Waals surface area contributed by atoms with E-state index in [2.05, 4.69) is 21.9 Å². The fourth-order valence-electron chi connectivity index (χ4n) is 6.80. The van der Waals surface area contributed by atoms with Crippen LogP contribution in [0.4, 0.5) is 0 Å². The zero-order valence-corrected chi connectivity index (χ0v) is 16.4. The van der Waals surface area contributed by atoms with Gasteiger partial charge in [-0.05, 0) is 76.3 Å². The maximum atomic E-state index is 12.9. The first kappa shape index (κ1) is 17.4. The maximum Gasteiger partial charge on any atom is 0.263 e. The lowest BCUT2D eigenvalue weighted by molar-refractivity contribution is -0.00955. The number of carbonyl (C=O) groups excluding carboxylic acids is 1. The van der Waals surface area contributed by atoms with E-state index in [-0.39, 0.29) is 28.5 Å². The minimum absolute atomic E-state index is 0.0511. The van der Waals surface area contributed by atoms with Crippen molar-refractivity contribution in [2.75, 3.05) is 27.2 Å². The Labute approximate surface area is 160 Å². The molecular formula is C21H30N4O2. The third kappa shape index (κ3) is 2.84. The van der Waals surface area contributed by atoms with Crippen LogP contribution in [0, 0.1) is 17.8 Å². The van der Waals surface area contributed by atoms with Gasteiger partial charge in [-0.15, -0.1) is 0 Å². The molecule has 4 bridgehead atoms. The standard InChI is InChI=1S/C21H30N4O2/c1-24-4-3-16(12-24)25(2)19(27)17-11-22-20(23-18(17)26)21-8-13-5-14(9-21)7-15(6-13)10-21/h11,13-16H,3-10,12H2,1-2H3,(H,22,23,26)/t13?,14?,15?,16-,21?/m0/s1. The summed E-state index contributed by atoms with van der Waals surface area (Å²) in [4.78, 5) is 37.3. The average molecular weight is 370 g/mol. The van der Waals surface area contributed by atoms with Crippen LogP contribution >= 0.6 is 0 Å². The second-order valence-electron chi connectivity index (χ2n) is 9.79. The fourth-order valence-corrected chi connectivity index (χ4v) is 6.80. The molecule has 1 aromatic heterocycles. The van der Waals surface area contributed by atoms with Gasteiger partial charge in [0, 0.05) is 31.2 Å². The Balaban J connectivity index is 1.40. The SMILES string of the molecule is CN1CC[C@H](N(C)C(=O)c2cnc(C34CC5CC(CC(C5)C3)C4)[nH]c2=O)C1. The van der Waals surface area contributed by atoms with E-state index in [0.717, 1.165) is 62.4 Å². The summed E-state index contributed by atoms with van der Waals surface area (Å²) in [6.07, 6.45) is 10.1. The van der Waals surface area contributed by atoms with Crippen LogP contribution in [-0.4, -0.2) is 58.9 Å². The summed E-state index contributed by atoms with van der Waals surface area (Å²) in [5.74, 6) is 3.03. The highest BCUT2D eigenvalue weighted by Crippen LogP contribution is 2.59. The fraction of sp³-hybridized carbons (Fsp3) is 0.762. The van der Waals surface area contributed by atoms with Crippen molar-refractivity contribution in [2.45, 2.75) is 56.4 Å². The molecule has 4 saturated carbocycles. The number of H-pyrrole nitrogens is 1. The monoisotopic (exact) mass is 370 g/mol. The predicted molar refractivity (Wildman–Crippen MR) is 103 cm³/mol. The maximum absolute atomic E-state index is 12.9. The molecule has 0 radical (unpaired) electrons. The summed E-state index contributed by atoms with van der Waals surface area (Å²) in [6.45, 7) is 1.85. The Hall–Kier alpha value is -1.69. The van der Waals surface area contributed by atoms with Crippen LogP contribution < -0.4 is 5.56 Å². The number of likely N-dealkylation sites (N-methyl/N-ethyl adjacent to an activating group) is 2. The largest absolute Gasteiger partial charge is 0.337 e. The van der Waals surface area contributed by atoms with Gasteiger partial charge >= 0.3 is 0 Å². The summed E-state index contributed by atoms with van der Waals surface area (Å²) < 4.78 is 0. The zero-order valence-electron chi connectivity index (χ0n) is 16.4. The molecule has 0 spiro atoms. The molecule has 6 rings (SSSR count). The number of hydrogen-bond donors (Lipinski definition) is 1. The van der Waals surface area contributed by atoms with Crippen molar-refractivity contribution in [3.8, 4) is 0 Å². The molecule has 1 N–H and O–H groups in total. The Morgan fingerprint density at radius 3 is 2.37 bits per heavy atom. The predicted octanol–water partition coefficient (Wildman–Crippen LogP) is 2.01. The van der Waals surface area contributed by atoms with Crippen molar-refractivity contribution < 1.29 is 4.79 Å². The van der Waals surface area contributed by atoms with E-state index in [4.69, 9.17) is 0 Å². The molecule has 0 aromatic carbocycles. The molecule has 2 heterocycles. The summed E-state index contributed by atoms with van der Waals surface area (Å²) >= 11 is 0. The Bertz CT molecular complexity index is 781.